The van der Waals surface area contributed by atoms with Gasteiger partial charge in [0.25, 0.3) is 0 Å². The summed E-state index contributed by atoms with van der Waals surface area (Å²) in [6.45, 7) is 1.84. The van der Waals surface area contributed by atoms with E-state index in [-0.39, 0.29) is 5.82 Å². The first-order chi connectivity index (χ1) is 10.1. The highest BCUT2D eigenvalue weighted by Crippen LogP contribution is 2.26. The van der Waals surface area contributed by atoms with Crippen LogP contribution in [0.5, 0.6) is 0 Å². The van der Waals surface area contributed by atoms with Crippen LogP contribution in [-0.2, 0) is 5.75 Å². The van der Waals surface area contributed by atoms with Crippen molar-refractivity contribution in [3.05, 3.63) is 53.7 Å². The molecule has 0 atom stereocenters. The third kappa shape index (κ3) is 2.78. The Labute approximate surface area is 124 Å². The summed E-state index contributed by atoms with van der Waals surface area (Å²) in [5, 5.41) is 8.71. The lowest BCUT2D eigenvalue weighted by atomic mass is 10.2. The molecule has 0 radical (unpaired) electrons. The van der Waals surface area contributed by atoms with Gasteiger partial charge < -0.3 is 10.3 Å². The Hall–Kier alpha value is -2.28. The summed E-state index contributed by atoms with van der Waals surface area (Å²) in [5.41, 5.74) is 1.67. The first kappa shape index (κ1) is 13.7. The highest BCUT2D eigenvalue weighted by atomic mass is 32.2. The summed E-state index contributed by atoms with van der Waals surface area (Å²) >= 11 is 1.40. The minimum absolute atomic E-state index is 0.253. The van der Waals surface area contributed by atoms with E-state index in [9.17, 15) is 4.39 Å². The van der Waals surface area contributed by atoms with E-state index >= 15 is 0 Å². The lowest BCUT2D eigenvalue weighted by Crippen LogP contribution is -2.11. The van der Waals surface area contributed by atoms with E-state index in [0.717, 1.165) is 16.9 Å². The fourth-order valence-corrected chi connectivity index (χ4v) is 2.75. The van der Waals surface area contributed by atoms with Gasteiger partial charge in [0.1, 0.15) is 11.6 Å². The maximum atomic E-state index is 13.1. The van der Waals surface area contributed by atoms with Crippen LogP contribution >= 0.6 is 11.8 Å². The maximum Gasteiger partial charge on any atom is 0.210 e. The van der Waals surface area contributed by atoms with Crippen molar-refractivity contribution >= 4 is 11.8 Å². The van der Waals surface area contributed by atoms with Crippen LogP contribution in [0, 0.1) is 12.7 Å². The molecular weight excluding hydrogens is 291 g/mol. The number of aryl methyl sites for hydroxylation is 1. The maximum absolute atomic E-state index is 13.1. The van der Waals surface area contributed by atoms with E-state index in [1.807, 2.05) is 13.0 Å². The lowest BCUT2D eigenvalue weighted by Gasteiger charge is -2.03. The summed E-state index contributed by atoms with van der Waals surface area (Å²) in [4.78, 5) is 0. The SMILES string of the molecule is Cc1occc1-c1nnc(SCc2cccc(F)c2)n1N. The molecule has 108 valence electrons. The first-order valence-electron chi connectivity index (χ1n) is 6.27. The summed E-state index contributed by atoms with van der Waals surface area (Å²) in [5.74, 6) is 7.60. The molecule has 5 nitrogen and oxygen atoms in total. The van der Waals surface area contributed by atoms with Gasteiger partial charge in [0.05, 0.1) is 11.8 Å². The predicted molar refractivity (Wildman–Crippen MR) is 78.6 cm³/mol. The monoisotopic (exact) mass is 304 g/mol. The van der Waals surface area contributed by atoms with Crippen LogP contribution in [-0.4, -0.2) is 14.9 Å². The zero-order valence-electron chi connectivity index (χ0n) is 11.3. The number of hydrogen-bond donors (Lipinski definition) is 1. The second kappa shape index (κ2) is 5.61. The minimum Gasteiger partial charge on any atom is -0.469 e. The number of halogens is 1. The number of benzene rings is 1. The normalized spacial score (nSPS) is 11.0. The van der Waals surface area contributed by atoms with Gasteiger partial charge in [0.2, 0.25) is 5.16 Å². The molecule has 0 aliphatic rings. The molecule has 7 heteroatoms. The van der Waals surface area contributed by atoms with Crippen LogP contribution in [0.15, 0.2) is 46.2 Å². The van der Waals surface area contributed by atoms with E-state index in [1.54, 1.807) is 18.4 Å². The molecule has 3 rings (SSSR count). The number of thioether (sulfide) groups is 1. The van der Waals surface area contributed by atoms with E-state index in [0.29, 0.717) is 16.7 Å². The van der Waals surface area contributed by atoms with Crippen LogP contribution in [0.4, 0.5) is 4.39 Å². The number of aromatic nitrogens is 3. The van der Waals surface area contributed by atoms with Crippen LogP contribution in [0.25, 0.3) is 11.4 Å². The Morgan fingerprint density at radius 1 is 1.33 bits per heavy atom. The molecule has 0 fully saturated rings. The zero-order chi connectivity index (χ0) is 14.8. The second-order valence-corrected chi connectivity index (χ2v) is 5.43. The number of nitrogens with zero attached hydrogens (tertiary/aromatic N) is 3. The van der Waals surface area contributed by atoms with E-state index in [1.165, 1.54) is 28.6 Å². The highest BCUT2D eigenvalue weighted by molar-refractivity contribution is 7.98. The van der Waals surface area contributed by atoms with Crippen molar-refractivity contribution < 1.29 is 8.81 Å². The van der Waals surface area contributed by atoms with Gasteiger partial charge in [0.15, 0.2) is 5.82 Å². The smallest absolute Gasteiger partial charge is 0.210 e. The fraction of sp³-hybridized carbons (Fsp3) is 0.143. The Balaban J connectivity index is 1.79. The van der Waals surface area contributed by atoms with Crippen LogP contribution in [0.3, 0.4) is 0 Å². The Bertz CT molecular complexity index is 768. The fourth-order valence-electron chi connectivity index (χ4n) is 1.95. The van der Waals surface area contributed by atoms with Crippen LogP contribution in [0.2, 0.25) is 0 Å². The zero-order valence-corrected chi connectivity index (χ0v) is 12.1. The number of hydrogen-bond acceptors (Lipinski definition) is 5. The summed E-state index contributed by atoms with van der Waals surface area (Å²) in [6.07, 6.45) is 1.58. The van der Waals surface area contributed by atoms with Gasteiger partial charge in [0, 0.05) is 5.75 Å². The van der Waals surface area contributed by atoms with Gasteiger partial charge in [-0.2, -0.15) is 0 Å². The molecule has 0 saturated carbocycles. The number of nitrogens with two attached hydrogens (primary N) is 1. The van der Waals surface area contributed by atoms with Crippen molar-refractivity contribution in [2.75, 3.05) is 5.84 Å². The van der Waals surface area contributed by atoms with Crippen molar-refractivity contribution in [1.82, 2.24) is 14.9 Å². The third-order valence-electron chi connectivity index (χ3n) is 3.02. The third-order valence-corrected chi connectivity index (χ3v) is 4.04. The summed E-state index contributed by atoms with van der Waals surface area (Å²) in [6, 6.07) is 8.24. The van der Waals surface area contributed by atoms with Crippen molar-refractivity contribution in [1.29, 1.82) is 0 Å². The molecule has 2 N–H and O–H groups in total. The van der Waals surface area contributed by atoms with Crippen molar-refractivity contribution in [3.8, 4) is 11.4 Å². The van der Waals surface area contributed by atoms with Gasteiger partial charge in [-0.1, -0.05) is 23.9 Å². The Morgan fingerprint density at radius 2 is 2.19 bits per heavy atom. The molecule has 0 bridgehead atoms. The van der Waals surface area contributed by atoms with Gasteiger partial charge in [-0.3, -0.25) is 0 Å². The lowest BCUT2D eigenvalue weighted by molar-refractivity contribution is 0.535. The molecule has 21 heavy (non-hydrogen) atoms. The van der Waals surface area contributed by atoms with E-state index < -0.39 is 0 Å². The second-order valence-electron chi connectivity index (χ2n) is 4.49. The van der Waals surface area contributed by atoms with E-state index in [2.05, 4.69) is 10.2 Å². The molecule has 0 saturated heterocycles. The predicted octanol–water partition coefficient (Wildman–Crippen LogP) is 2.99. The van der Waals surface area contributed by atoms with Gasteiger partial charge in [-0.15, -0.1) is 10.2 Å². The van der Waals surface area contributed by atoms with Crippen LogP contribution in [0.1, 0.15) is 11.3 Å². The molecule has 0 aliphatic carbocycles. The first-order valence-corrected chi connectivity index (χ1v) is 7.26. The average molecular weight is 304 g/mol. The molecule has 0 unspecified atom stereocenters. The highest BCUT2D eigenvalue weighted by Gasteiger charge is 2.15. The Morgan fingerprint density at radius 3 is 2.90 bits per heavy atom. The average Bonchev–Trinajstić information content (AvgIpc) is 3.03. The minimum atomic E-state index is -0.253. The number of rotatable bonds is 4. The standard InChI is InChI=1S/C14H13FN4OS/c1-9-12(5-6-20-9)13-17-18-14(19(13)16)21-8-10-3-2-4-11(15)7-10/h2-7H,8,16H2,1H3. The molecule has 1 aromatic carbocycles. The molecule has 3 aromatic rings. The number of nitrogen functional groups attached to an aromatic ring is 1. The van der Waals surface area contributed by atoms with Crippen molar-refractivity contribution in [2.45, 2.75) is 17.8 Å². The topological polar surface area (TPSA) is 69.9 Å². The largest absolute Gasteiger partial charge is 0.469 e. The molecule has 2 aromatic heterocycles. The molecular formula is C14H13FN4OS. The summed E-state index contributed by atoms with van der Waals surface area (Å²) < 4.78 is 19.8. The molecule has 0 spiro atoms. The van der Waals surface area contributed by atoms with Gasteiger partial charge in [-0.05, 0) is 30.7 Å². The Kier molecular flexibility index (Phi) is 3.66. The van der Waals surface area contributed by atoms with Gasteiger partial charge in [-0.25, -0.2) is 9.07 Å². The van der Waals surface area contributed by atoms with E-state index in [4.69, 9.17) is 10.3 Å². The molecule has 2 heterocycles. The van der Waals surface area contributed by atoms with Crippen LogP contribution < -0.4 is 5.84 Å². The van der Waals surface area contributed by atoms with Crippen molar-refractivity contribution in [2.24, 2.45) is 0 Å². The quantitative estimate of drug-likeness (QED) is 0.592. The van der Waals surface area contributed by atoms with Gasteiger partial charge >= 0.3 is 0 Å². The van der Waals surface area contributed by atoms with Crippen molar-refractivity contribution in [3.63, 3.8) is 0 Å². The number of furan rings is 1. The molecule has 0 aliphatic heterocycles. The summed E-state index contributed by atoms with van der Waals surface area (Å²) in [7, 11) is 0. The molecule has 0 amide bonds.